The van der Waals surface area contributed by atoms with Gasteiger partial charge in [-0.1, -0.05) is 0 Å². The van der Waals surface area contributed by atoms with Crippen LogP contribution in [0.2, 0.25) is 0 Å². The van der Waals surface area contributed by atoms with Gasteiger partial charge in [-0.2, -0.15) is 0 Å². The molecule has 0 heterocycles. The minimum absolute atomic E-state index is 0.0887. The first kappa shape index (κ1) is 13.6. The minimum Gasteiger partial charge on any atom is -0.399 e. The van der Waals surface area contributed by atoms with Crippen LogP contribution in [0.3, 0.4) is 0 Å². The van der Waals surface area contributed by atoms with Gasteiger partial charge in [0.25, 0.3) is 0 Å². The molecule has 1 amide bonds. The van der Waals surface area contributed by atoms with Crippen molar-refractivity contribution in [1.29, 1.82) is 0 Å². The van der Waals surface area contributed by atoms with E-state index in [1.807, 2.05) is 0 Å². The molecular weight excluding hydrogens is 243 g/mol. The molecular formula is C11H15FN2O2S. The molecule has 1 aromatic carbocycles. The summed E-state index contributed by atoms with van der Waals surface area (Å²) in [6, 6.07) is 4.01. The molecule has 1 unspecified atom stereocenters. The Kier molecular flexibility index (Phi) is 4.62. The number of anilines is 1. The van der Waals surface area contributed by atoms with Crippen LogP contribution in [0.25, 0.3) is 0 Å². The lowest BCUT2D eigenvalue weighted by molar-refractivity contribution is -0.128. The second-order valence-electron chi connectivity index (χ2n) is 3.78. The maximum atomic E-state index is 13.4. The zero-order chi connectivity index (χ0) is 13.0. The first-order valence-electron chi connectivity index (χ1n) is 5.05. The predicted molar refractivity (Wildman–Crippen MR) is 65.4 cm³/mol. The Balaban J connectivity index is 2.68. The fourth-order valence-electron chi connectivity index (χ4n) is 1.22. The van der Waals surface area contributed by atoms with Gasteiger partial charge < -0.3 is 10.6 Å². The number of rotatable bonds is 4. The van der Waals surface area contributed by atoms with E-state index in [0.717, 1.165) is 6.07 Å². The standard InChI is InChI=1S/C11H15FN2O2S/c1-14(2)11(15)5-6-17(16)10-4-3-8(13)7-9(10)12/h3-4,7H,5-6,13H2,1-2H3. The van der Waals surface area contributed by atoms with Crippen molar-refractivity contribution in [1.82, 2.24) is 4.90 Å². The lowest BCUT2D eigenvalue weighted by Crippen LogP contribution is -2.23. The van der Waals surface area contributed by atoms with Gasteiger partial charge in [0, 0.05) is 32.0 Å². The van der Waals surface area contributed by atoms with Crippen molar-refractivity contribution in [3.05, 3.63) is 24.0 Å². The van der Waals surface area contributed by atoms with Crippen molar-refractivity contribution in [3.63, 3.8) is 0 Å². The number of hydrogen-bond donors (Lipinski definition) is 1. The van der Waals surface area contributed by atoms with Gasteiger partial charge in [0.2, 0.25) is 5.91 Å². The molecule has 0 radical (unpaired) electrons. The first-order chi connectivity index (χ1) is 7.91. The van der Waals surface area contributed by atoms with Crippen molar-refractivity contribution in [2.45, 2.75) is 11.3 Å². The number of carbonyl (C=O) groups is 1. The molecule has 4 nitrogen and oxygen atoms in total. The van der Waals surface area contributed by atoms with Gasteiger partial charge in [-0.3, -0.25) is 9.00 Å². The summed E-state index contributed by atoms with van der Waals surface area (Å²) in [5, 5.41) is 0. The second-order valence-corrected chi connectivity index (χ2v) is 5.32. The molecule has 1 atom stereocenters. The Morgan fingerprint density at radius 3 is 2.65 bits per heavy atom. The van der Waals surface area contributed by atoms with E-state index in [1.165, 1.54) is 17.0 Å². The van der Waals surface area contributed by atoms with E-state index in [2.05, 4.69) is 0 Å². The molecule has 0 spiro atoms. The van der Waals surface area contributed by atoms with Crippen LogP contribution >= 0.6 is 0 Å². The average molecular weight is 258 g/mol. The Bertz CT molecular complexity index is 449. The number of amides is 1. The maximum absolute atomic E-state index is 13.4. The zero-order valence-electron chi connectivity index (χ0n) is 9.77. The summed E-state index contributed by atoms with van der Waals surface area (Å²) >= 11 is 0. The van der Waals surface area contributed by atoms with Crippen molar-refractivity contribution in [3.8, 4) is 0 Å². The first-order valence-corrected chi connectivity index (χ1v) is 6.37. The second kappa shape index (κ2) is 5.77. The third kappa shape index (κ3) is 3.81. The quantitative estimate of drug-likeness (QED) is 0.819. The van der Waals surface area contributed by atoms with Crippen LogP contribution in [0.5, 0.6) is 0 Å². The summed E-state index contributed by atoms with van der Waals surface area (Å²) in [5.74, 6) is -0.618. The van der Waals surface area contributed by atoms with E-state index in [9.17, 15) is 13.4 Å². The Morgan fingerprint density at radius 2 is 2.12 bits per heavy atom. The van der Waals surface area contributed by atoms with E-state index in [4.69, 9.17) is 5.73 Å². The van der Waals surface area contributed by atoms with Crippen LogP contribution in [-0.2, 0) is 15.6 Å². The largest absolute Gasteiger partial charge is 0.399 e. The molecule has 0 aromatic heterocycles. The molecule has 17 heavy (non-hydrogen) atoms. The monoisotopic (exact) mass is 258 g/mol. The van der Waals surface area contributed by atoms with Gasteiger partial charge in [0.05, 0.1) is 15.7 Å². The zero-order valence-corrected chi connectivity index (χ0v) is 10.6. The highest BCUT2D eigenvalue weighted by molar-refractivity contribution is 7.85. The molecule has 0 saturated carbocycles. The van der Waals surface area contributed by atoms with E-state index < -0.39 is 16.6 Å². The summed E-state index contributed by atoms with van der Waals surface area (Å²) < 4.78 is 25.2. The van der Waals surface area contributed by atoms with Gasteiger partial charge in [0.15, 0.2) is 0 Å². The number of hydrogen-bond acceptors (Lipinski definition) is 3. The number of carbonyl (C=O) groups excluding carboxylic acids is 1. The normalized spacial score (nSPS) is 12.2. The van der Waals surface area contributed by atoms with Gasteiger partial charge in [-0.15, -0.1) is 0 Å². The van der Waals surface area contributed by atoms with Crippen LogP contribution in [0, 0.1) is 5.82 Å². The van der Waals surface area contributed by atoms with Gasteiger partial charge in [0.1, 0.15) is 5.82 Å². The van der Waals surface area contributed by atoms with Crippen molar-refractivity contribution >= 4 is 22.4 Å². The van der Waals surface area contributed by atoms with Crippen LogP contribution < -0.4 is 5.73 Å². The Hall–Kier alpha value is -1.43. The molecule has 0 aliphatic rings. The van der Waals surface area contributed by atoms with Crippen molar-refractivity contribution in [2.75, 3.05) is 25.6 Å². The molecule has 0 aliphatic carbocycles. The van der Waals surface area contributed by atoms with E-state index in [1.54, 1.807) is 14.1 Å². The maximum Gasteiger partial charge on any atom is 0.222 e. The SMILES string of the molecule is CN(C)C(=O)CCS(=O)c1ccc(N)cc1F. The molecule has 0 aliphatic heterocycles. The van der Waals surface area contributed by atoms with Crippen molar-refractivity contribution < 1.29 is 13.4 Å². The molecule has 6 heteroatoms. The molecule has 1 rings (SSSR count). The highest BCUT2D eigenvalue weighted by Crippen LogP contribution is 2.16. The summed E-state index contributed by atoms with van der Waals surface area (Å²) in [6.07, 6.45) is 0.128. The predicted octanol–water partition coefficient (Wildman–Crippen LogP) is 0.994. The Morgan fingerprint density at radius 1 is 1.47 bits per heavy atom. The van der Waals surface area contributed by atoms with E-state index >= 15 is 0 Å². The lowest BCUT2D eigenvalue weighted by atomic mass is 10.3. The molecule has 1 aromatic rings. The lowest BCUT2D eigenvalue weighted by Gasteiger charge is -2.10. The topological polar surface area (TPSA) is 63.4 Å². The van der Waals surface area contributed by atoms with Crippen LogP contribution in [-0.4, -0.2) is 34.9 Å². The number of nitrogens with zero attached hydrogens (tertiary/aromatic N) is 1. The number of halogens is 1. The summed E-state index contributed by atoms with van der Waals surface area (Å²) in [5.41, 5.74) is 5.67. The van der Waals surface area contributed by atoms with E-state index in [-0.39, 0.29) is 28.7 Å². The number of benzene rings is 1. The highest BCUT2D eigenvalue weighted by Gasteiger charge is 2.13. The Labute approximate surface area is 102 Å². The van der Waals surface area contributed by atoms with Crippen LogP contribution in [0.15, 0.2) is 23.1 Å². The number of nitrogens with two attached hydrogens (primary N) is 1. The van der Waals surface area contributed by atoms with Crippen LogP contribution in [0.4, 0.5) is 10.1 Å². The molecule has 0 bridgehead atoms. The number of nitrogen functional groups attached to an aromatic ring is 1. The van der Waals surface area contributed by atoms with E-state index in [0.29, 0.717) is 0 Å². The highest BCUT2D eigenvalue weighted by atomic mass is 32.2. The fraction of sp³-hybridized carbons (Fsp3) is 0.364. The fourth-order valence-corrected chi connectivity index (χ4v) is 2.29. The van der Waals surface area contributed by atoms with Gasteiger partial charge in [-0.05, 0) is 18.2 Å². The third-order valence-electron chi connectivity index (χ3n) is 2.20. The molecule has 94 valence electrons. The summed E-state index contributed by atoms with van der Waals surface area (Å²) in [7, 11) is 1.72. The average Bonchev–Trinajstić information content (AvgIpc) is 2.25. The van der Waals surface area contributed by atoms with Crippen molar-refractivity contribution in [2.24, 2.45) is 0 Å². The summed E-state index contributed by atoms with van der Waals surface area (Å²) in [6.45, 7) is 0. The summed E-state index contributed by atoms with van der Waals surface area (Å²) in [4.78, 5) is 12.8. The van der Waals surface area contributed by atoms with Gasteiger partial charge >= 0.3 is 0 Å². The van der Waals surface area contributed by atoms with Crippen LogP contribution in [0.1, 0.15) is 6.42 Å². The third-order valence-corrected chi connectivity index (χ3v) is 3.60. The molecule has 2 N–H and O–H groups in total. The molecule has 0 fully saturated rings. The van der Waals surface area contributed by atoms with Gasteiger partial charge in [-0.25, -0.2) is 4.39 Å². The smallest absolute Gasteiger partial charge is 0.222 e. The minimum atomic E-state index is -1.52. The molecule has 0 saturated heterocycles.